The molecular formula is C17H25ClN2O2. The quantitative estimate of drug-likeness (QED) is 0.845. The number of carbonyl (C=O) groups is 1. The maximum atomic E-state index is 12.0. The van der Waals surface area contributed by atoms with Gasteiger partial charge in [-0.1, -0.05) is 36.6 Å². The molecule has 122 valence electrons. The van der Waals surface area contributed by atoms with E-state index < -0.39 is 0 Å². The van der Waals surface area contributed by atoms with Crippen LogP contribution >= 0.6 is 11.6 Å². The number of nitrogens with zero attached hydrogens (tertiary/aromatic N) is 1. The zero-order valence-electron chi connectivity index (χ0n) is 13.1. The second-order valence-corrected chi connectivity index (χ2v) is 6.65. The minimum atomic E-state index is -0.215. The molecule has 5 heteroatoms. The molecule has 1 aliphatic carbocycles. The first-order valence-electron chi connectivity index (χ1n) is 7.92. The van der Waals surface area contributed by atoms with Crippen LogP contribution in [-0.4, -0.2) is 42.2 Å². The zero-order chi connectivity index (χ0) is 15.9. The van der Waals surface area contributed by atoms with Gasteiger partial charge < -0.3 is 10.4 Å². The Hall–Kier alpha value is -1.10. The number of halogens is 1. The second kappa shape index (κ2) is 8.51. The van der Waals surface area contributed by atoms with Crippen LogP contribution in [0.2, 0.25) is 5.02 Å². The van der Waals surface area contributed by atoms with Gasteiger partial charge in [0.2, 0.25) is 5.91 Å². The van der Waals surface area contributed by atoms with E-state index in [9.17, 15) is 9.90 Å². The van der Waals surface area contributed by atoms with Crippen LogP contribution in [0.1, 0.15) is 31.2 Å². The van der Waals surface area contributed by atoms with E-state index in [1.807, 2.05) is 36.2 Å². The molecule has 0 aromatic heterocycles. The van der Waals surface area contributed by atoms with Crippen molar-refractivity contribution < 1.29 is 9.90 Å². The lowest BCUT2D eigenvalue weighted by atomic mass is 9.86. The Bertz CT molecular complexity index is 478. The van der Waals surface area contributed by atoms with E-state index in [0.29, 0.717) is 24.0 Å². The predicted octanol–water partition coefficient (Wildman–Crippen LogP) is 2.44. The smallest absolute Gasteiger partial charge is 0.234 e. The van der Waals surface area contributed by atoms with Gasteiger partial charge in [0.15, 0.2) is 0 Å². The van der Waals surface area contributed by atoms with E-state index in [4.69, 9.17) is 11.6 Å². The summed E-state index contributed by atoms with van der Waals surface area (Å²) in [6.07, 6.45) is 4.02. The molecule has 1 saturated carbocycles. The van der Waals surface area contributed by atoms with Crippen LogP contribution < -0.4 is 5.32 Å². The van der Waals surface area contributed by atoms with Crippen molar-refractivity contribution >= 4 is 17.5 Å². The van der Waals surface area contributed by atoms with Gasteiger partial charge in [0.1, 0.15) is 0 Å². The van der Waals surface area contributed by atoms with Gasteiger partial charge in [-0.3, -0.25) is 9.69 Å². The Labute approximate surface area is 137 Å². The summed E-state index contributed by atoms with van der Waals surface area (Å²) in [7, 11) is 1.93. The van der Waals surface area contributed by atoms with Crippen molar-refractivity contribution in [3.8, 4) is 0 Å². The molecule has 2 rings (SSSR count). The van der Waals surface area contributed by atoms with Gasteiger partial charge in [0.05, 0.1) is 12.6 Å². The van der Waals surface area contributed by atoms with Crippen LogP contribution in [0.5, 0.6) is 0 Å². The number of aliphatic hydroxyl groups excluding tert-OH is 1. The number of rotatable bonds is 6. The lowest BCUT2D eigenvalue weighted by molar-refractivity contribution is -0.122. The average molecular weight is 325 g/mol. The third-order valence-corrected chi connectivity index (χ3v) is 4.48. The summed E-state index contributed by atoms with van der Waals surface area (Å²) in [5, 5.41) is 13.6. The molecular weight excluding hydrogens is 300 g/mol. The standard InChI is InChI=1S/C17H25ClN2O2/c1-20(11-14-4-2-3-5-16(14)21)12-17(22)19-10-13-6-8-15(18)9-7-13/h6-9,14,16,21H,2-5,10-12H2,1H3,(H,19,22). The molecule has 1 fully saturated rings. The minimum absolute atomic E-state index is 0.00255. The third-order valence-electron chi connectivity index (χ3n) is 4.23. The normalized spacial score (nSPS) is 21.8. The van der Waals surface area contributed by atoms with E-state index in [-0.39, 0.29) is 12.0 Å². The van der Waals surface area contributed by atoms with E-state index in [1.54, 1.807) is 0 Å². The van der Waals surface area contributed by atoms with E-state index in [2.05, 4.69) is 5.32 Å². The maximum absolute atomic E-state index is 12.0. The fourth-order valence-corrected chi connectivity index (χ4v) is 3.10. The fraction of sp³-hybridized carbons (Fsp3) is 0.588. The van der Waals surface area contributed by atoms with Crippen LogP contribution in [0, 0.1) is 5.92 Å². The van der Waals surface area contributed by atoms with E-state index >= 15 is 0 Å². The number of likely N-dealkylation sites (N-methyl/N-ethyl adjacent to an activating group) is 1. The van der Waals surface area contributed by atoms with Gasteiger partial charge in [0.25, 0.3) is 0 Å². The second-order valence-electron chi connectivity index (χ2n) is 6.21. The topological polar surface area (TPSA) is 52.6 Å². The molecule has 0 bridgehead atoms. The number of amides is 1. The Kier molecular flexibility index (Phi) is 6.68. The van der Waals surface area contributed by atoms with Gasteiger partial charge in [-0.25, -0.2) is 0 Å². The molecule has 1 aliphatic rings. The number of aliphatic hydroxyl groups is 1. The molecule has 0 radical (unpaired) electrons. The monoisotopic (exact) mass is 324 g/mol. The van der Waals surface area contributed by atoms with Crippen LogP contribution in [-0.2, 0) is 11.3 Å². The van der Waals surface area contributed by atoms with E-state index in [1.165, 1.54) is 6.42 Å². The highest BCUT2D eigenvalue weighted by Crippen LogP contribution is 2.24. The first-order chi connectivity index (χ1) is 10.5. The highest BCUT2D eigenvalue weighted by atomic mass is 35.5. The highest BCUT2D eigenvalue weighted by molar-refractivity contribution is 6.30. The summed E-state index contributed by atoms with van der Waals surface area (Å²) in [6, 6.07) is 7.45. The summed E-state index contributed by atoms with van der Waals surface area (Å²) < 4.78 is 0. The molecule has 1 aromatic rings. The van der Waals surface area contributed by atoms with Crippen molar-refractivity contribution in [3.63, 3.8) is 0 Å². The molecule has 0 spiro atoms. The molecule has 0 saturated heterocycles. The van der Waals surface area contributed by atoms with Crippen molar-refractivity contribution in [1.82, 2.24) is 10.2 Å². The number of hydrogen-bond donors (Lipinski definition) is 2. The number of nitrogens with one attached hydrogen (secondary N) is 1. The molecule has 4 nitrogen and oxygen atoms in total. The van der Waals surface area contributed by atoms with Gasteiger partial charge >= 0.3 is 0 Å². The Balaban J connectivity index is 1.70. The molecule has 0 aliphatic heterocycles. The Morgan fingerprint density at radius 1 is 1.32 bits per heavy atom. The molecule has 0 heterocycles. The summed E-state index contributed by atoms with van der Waals surface area (Å²) in [5.41, 5.74) is 1.03. The molecule has 2 atom stereocenters. The summed E-state index contributed by atoms with van der Waals surface area (Å²) in [4.78, 5) is 14.0. The van der Waals surface area contributed by atoms with Crippen molar-refractivity contribution in [2.45, 2.75) is 38.3 Å². The van der Waals surface area contributed by atoms with Crippen molar-refractivity contribution in [3.05, 3.63) is 34.9 Å². The number of benzene rings is 1. The lowest BCUT2D eigenvalue weighted by Gasteiger charge is -2.30. The molecule has 2 N–H and O–H groups in total. The minimum Gasteiger partial charge on any atom is -0.393 e. The van der Waals surface area contributed by atoms with Crippen LogP contribution in [0.3, 0.4) is 0 Å². The van der Waals surface area contributed by atoms with Gasteiger partial charge in [-0.15, -0.1) is 0 Å². The van der Waals surface area contributed by atoms with Gasteiger partial charge in [-0.2, -0.15) is 0 Å². The third kappa shape index (κ3) is 5.59. The zero-order valence-corrected chi connectivity index (χ0v) is 13.9. The van der Waals surface area contributed by atoms with Crippen molar-refractivity contribution in [2.24, 2.45) is 5.92 Å². The number of carbonyl (C=O) groups excluding carboxylic acids is 1. The average Bonchev–Trinajstić information content (AvgIpc) is 2.49. The molecule has 1 aromatic carbocycles. The van der Waals surface area contributed by atoms with Crippen LogP contribution in [0.25, 0.3) is 0 Å². The summed E-state index contributed by atoms with van der Waals surface area (Å²) in [5.74, 6) is 0.297. The SMILES string of the molecule is CN(CC(=O)NCc1ccc(Cl)cc1)CC1CCCCC1O. The van der Waals surface area contributed by atoms with Crippen molar-refractivity contribution in [1.29, 1.82) is 0 Å². The first kappa shape index (κ1) is 17.3. The van der Waals surface area contributed by atoms with E-state index in [0.717, 1.165) is 31.4 Å². The number of hydrogen-bond acceptors (Lipinski definition) is 3. The Morgan fingerprint density at radius 2 is 2.00 bits per heavy atom. The Morgan fingerprint density at radius 3 is 2.68 bits per heavy atom. The molecule has 2 unspecified atom stereocenters. The molecule has 22 heavy (non-hydrogen) atoms. The maximum Gasteiger partial charge on any atom is 0.234 e. The van der Waals surface area contributed by atoms with Crippen LogP contribution in [0.4, 0.5) is 0 Å². The van der Waals surface area contributed by atoms with Gasteiger partial charge in [0, 0.05) is 18.1 Å². The highest BCUT2D eigenvalue weighted by Gasteiger charge is 2.24. The first-order valence-corrected chi connectivity index (χ1v) is 8.30. The summed E-state index contributed by atoms with van der Waals surface area (Å²) in [6.45, 7) is 1.64. The molecule has 1 amide bonds. The van der Waals surface area contributed by atoms with Crippen LogP contribution in [0.15, 0.2) is 24.3 Å². The van der Waals surface area contributed by atoms with Gasteiger partial charge in [-0.05, 0) is 43.5 Å². The lowest BCUT2D eigenvalue weighted by Crippen LogP contribution is -2.40. The predicted molar refractivity (Wildman–Crippen MR) is 88.8 cm³/mol. The summed E-state index contributed by atoms with van der Waals surface area (Å²) >= 11 is 5.83. The largest absolute Gasteiger partial charge is 0.393 e. The van der Waals surface area contributed by atoms with Crippen molar-refractivity contribution in [2.75, 3.05) is 20.1 Å². The fourth-order valence-electron chi connectivity index (χ4n) is 2.97.